The Bertz CT molecular complexity index is 478. The predicted octanol–water partition coefficient (Wildman–Crippen LogP) is 0.892. The van der Waals surface area contributed by atoms with E-state index in [1.54, 1.807) is 0 Å². The number of carbonyl (C=O) groups is 1. The first-order valence-corrected chi connectivity index (χ1v) is 6.47. The minimum absolute atomic E-state index is 0.122. The van der Waals surface area contributed by atoms with E-state index in [4.69, 9.17) is 10.8 Å². The fourth-order valence-electron chi connectivity index (χ4n) is 2.48. The normalized spacial score (nSPS) is 20.5. The number of carboxylic acid groups (broad SMARTS) is 1. The van der Waals surface area contributed by atoms with Gasteiger partial charge in [-0.3, -0.25) is 4.90 Å². The van der Waals surface area contributed by atoms with Crippen LogP contribution in [0.5, 0.6) is 0 Å². The number of piperazine rings is 1. The molecular weight excluding hydrogens is 244 g/mol. The van der Waals surface area contributed by atoms with E-state index in [9.17, 15) is 4.79 Å². The zero-order chi connectivity index (χ0) is 14.0. The van der Waals surface area contributed by atoms with Gasteiger partial charge in [-0.25, -0.2) is 9.78 Å². The third-order valence-corrected chi connectivity index (χ3v) is 3.75. The maximum absolute atomic E-state index is 11.1. The molecule has 1 fully saturated rings. The van der Waals surface area contributed by atoms with Gasteiger partial charge in [0.05, 0.1) is 11.3 Å². The third kappa shape index (κ3) is 2.63. The molecule has 1 atom stereocenters. The molecule has 0 amide bonds. The number of hydrogen-bond donors (Lipinski definition) is 2. The average Bonchev–Trinajstić information content (AvgIpc) is 2.39. The topological polar surface area (TPSA) is 82.7 Å². The van der Waals surface area contributed by atoms with Gasteiger partial charge in [0.2, 0.25) is 0 Å². The standard InChI is InChI=1S/C13H20N4O2/c1-3-9-8-17(7-6-16(9)2)12-11(14)10(13(18)19)4-5-15-12/h4-5,9H,3,6-8,14H2,1-2H3,(H,18,19). The summed E-state index contributed by atoms with van der Waals surface area (Å²) >= 11 is 0. The van der Waals surface area contributed by atoms with E-state index in [0.29, 0.717) is 11.9 Å². The minimum atomic E-state index is -1.01. The molecule has 0 saturated carbocycles. The van der Waals surface area contributed by atoms with Crippen LogP contribution in [0.25, 0.3) is 0 Å². The first-order chi connectivity index (χ1) is 9.04. The highest BCUT2D eigenvalue weighted by Gasteiger charge is 2.26. The molecule has 1 aromatic rings. The Hall–Kier alpha value is -1.82. The lowest BCUT2D eigenvalue weighted by molar-refractivity contribution is 0.0698. The highest BCUT2D eigenvalue weighted by atomic mass is 16.4. The van der Waals surface area contributed by atoms with Gasteiger partial charge >= 0.3 is 5.97 Å². The molecule has 0 spiro atoms. The first-order valence-electron chi connectivity index (χ1n) is 6.47. The molecule has 0 aromatic carbocycles. The monoisotopic (exact) mass is 264 g/mol. The van der Waals surface area contributed by atoms with Crippen LogP contribution in [0.2, 0.25) is 0 Å². The molecular formula is C13H20N4O2. The Kier molecular flexibility index (Phi) is 3.90. The van der Waals surface area contributed by atoms with Gasteiger partial charge in [-0.15, -0.1) is 0 Å². The second-order valence-electron chi connectivity index (χ2n) is 4.89. The molecule has 0 bridgehead atoms. The van der Waals surface area contributed by atoms with E-state index in [2.05, 4.69) is 28.8 Å². The van der Waals surface area contributed by atoms with E-state index in [0.717, 1.165) is 26.1 Å². The van der Waals surface area contributed by atoms with Gasteiger partial charge in [0.25, 0.3) is 0 Å². The van der Waals surface area contributed by atoms with E-state index in [1.165, 1.54) is 12.3 Å². The van der Waals surface area contributed by atoms with Gasteiger partial charge in [0.1, 0.15) is 0 Å². The number of carboxylic acids is 1. The average molecular weight is 264 g/mol. The lowest BCUT2D eigenvalue weighted by atomic mass is 10.1. The smallest absolute Gasteiger partial charge is 0.337 e. The van der Waals surface area contributed by atoms with Gasteiger partial charge < -0.3 is 15.7 Å². The van der Waals surface area contributed by atoms with E-state index < -0.39 is 5.97 Å². The zero-order valence-electron chi connectivity index (χ0n) is 11.3. The van der Waals surface area contributed by atoms with Gasteiger partial charge in [0, 0.05) is 31.9 Å². The summed E-state index contributed by atoms with van der Waals surface area (Å²) in [6.07, 6.45) is 2.56. The number of rotatable bonds is 3. The number of aromatic carboxylic acids is 1. The van der Waals surface area contributed by atoms with Crippen molar-refractivity contribution >= 4 is 17.5 Å². The Labute approximate surface area is 112 Å². The number of hydrogen-bond acceptors (Lipinski definition) is 5. The Morgan fingerprint density at radius 1 is 1.58 bits per heavy atom. The lowest BCUT2D eigenvalue weighted by Crippen LogP contribution is -2.51. The summed E-state index contributed by atoms with van der Waals surface area (Å²) in [5.41, 5.74) is 6.32. The van der Waals surface area contributed by atoms with Crippen LogP contribution in [-0.4, -0.2) is 53.7 Å². The van der Waals surface area contributed by atoms with Crippen molar-refractivity contribution in [3.8, 4) is 0 Å². The van der Waals surface area contributed by atoms with Gasteiger partial charge in [-0.05, 0) is 19.5 Å². The van der Waals surface area contributed by atoms with Crippen molar-refractivity contribution in [1.29, 1.82) is 0 Å². The molecule has 1 unspecified atom stereocenters. The number of nitrogens with zero attached hydrogens (tertiary/aromatic N) is 3. The number of aromatic nitrogens is 1. The van der Waals surface area contributed by atoms with Crippen molar-refractivity contribution in [3.05, 3.63) is 17.8 Å². The van der Waals surface area contributed by atoms with Crippen molar-refractivity contribution in [2.24, 2.45) is 0 Å². The Balaban J connectivity index is 2.27. The summed E-state index contributed by atoms with van der Waals surface area (Å²) < 4.78 is 0. The molecule has 0 aliphatic carbocycles. The molecule has 6 nitrogen and oxygen atoms in total. The first kappa shape index (κ1) is 13.6. The summed E-state index contributed by atoms with van der Waals surface area (Å²) in [4.78, 5) is 19.7. The minimum Gasteiger partial charge on any atom is -0.478 e. The molecule has 1 aliphatic heterocycles. The Morgan fingerprint density at radius 3 is 2.95 bits per heavy atom. The number of anilines is 2. The largest absolute Gasteiger partial charge is 0.478 e. The third-order valence-electron chi connectivity index (χ3n) is 3.75. The highest BCUT2D eigenvalue weighted by Crippen LogP contribution is 2.26. The summed E-state index contributed by atoms with van der Waals surface area (Å²) in [5, 5.41) is 9.09. The van der Waals surface area contributed by atoms with E-state index in [-0.39, 0.29) is 11.3 Å². The van der Waals surface area contributed by atoms with Crippen molar-refractivity contribution in [2.45, 2.75) is 19.4 Å². The fraction of sp³-hybridized carbons (Fsp3) is 0.538. The Morgan fingerprint density at radius 2 is 2.32 bits per heavy atom. The van der Waals surface area contributed by atoms with Gasteiger partial charge in [0.15, 0.2) is 5.82 Å². The zero-order valence-corrected chi connectivity index (χ0v) is 11.3. The highest BCUT2D eigenvalue weighted by molar-refractivity contribution is 5.96. The molecule has 0 radical (unpaired) electrons. The summed E-state index contributed by atoms with van der Waals surface area (Å²) in [6.45, 7) is 4.71. The van der Waals surface area contributed by atoms with Crippen LogP contribution in [0.1, 0.15) is 23.7 Å². The second-order valence-corrected chi connectivity index (χ2v) is 4.89. The van der Waals surface area contributed by atoms with Crippen LogP contribution in [-0.2, 0) is 0 Å². The molecule has 6 heteroatoms. The maximum atomic E-state index is 11.1. The van der Waals surface area contributed by atoms with Crippen LogP contribution in [0.3, 0.4) is 0 Å². The van der Waals surface area contributed by atoms with E-state index in [1.807, 2.05) is 0 Å². The SMILES string of the molecule is CCC1CN(c2nccc(C(=O)O)c2N)CCN1C. The van der Waals surface area contributed by atoms with Crippen molar-refractivity contribution in [3.63, 3.8) is 0 Å². The van der Waals surface area contributed by atoms with Gasteiger partial charge in [-0.1, -0.05) is 6.92 Å². The van der Waals surface area contributed by atoms with Crippen molar-refractivity contribution < 1.29 is 9.90 Å². The van der Waals surface area contributed by atoms with Crippen LogP contribution < -0.4 is 10.6 Å². The van der Waals surface area contributed by atoms with Crippen LogP contribution in [0.15, 0.2) is 12.3 Å². The van der Waals surface area contributed by atoms with Crippen molar-refractivity contribution in [1.82, 2.24) is 9.88 Å². The van der Waals surface area contributed by atoms with E-state index >= 15 is 0 Å². The predicted molar refractivity (Wildman–Crippen MR) is 74.5 cm³/mol. The molecule has 2 rings (SSSR count). The number of nitrogens with two attached hydrogens (primary N) is 1. The van der Waals surface area contributed by atoms with Crippen molar-refractivity contribution in [2.75, 3.05) is 37.3 Å². The second kappa shape index (κ2) is 5.44. The summed E-state index contributed by atoms with van der Waals surface area (Å²) in [7, 11) is 2.11. The van der Waals surface area contributed by atoms with Crippen LogP contribution in [0.4, 0.5) is 11.5 Å². The molecule has 1 aliphatic rings. The molecule has 19 heavy (non-hydrogen) atoms. The molecule has 2 heterocycles. The number of likely N-dealkylation sites (N-methyl/N-ethyl adjacent to an activating group) is 1. The molecule has 104 valence electrons. The summed E-state index contributed by atoms with van der Waals surface area (Å²) in [5.74, 6) is -0.422. The van der Waals surface area contributed by atoms with Gasteiger partial charge in [-0.2, -0.15) is 0 Å². The molecule has 1 saturated heterocycles. The maximum Gasteiger partial charge on any atom is 0.337 e. The van der Waals surface area contributed by atoms with Crippen LogP contribution >= 0.6 is 0 Å². The number of pyridine rings is 1. The quantitative estimate of drug-likeness (QED) is 0.843. The lowest BCUT2D eigenvalue weighted by Gasteiger charge is -2.40. The molecule has 3 N–H and O–H groups in total. The van der Waals surface area contributed by atoms with Crippen LogP contribution in [0, 0.1) is 0 Å². The number of nitrogen functional groups attached to an aromatic ring is 1. The summed E-state index contributed by atoms with van der Waals surface area (Å²) in [6, 6.07) is 1.89. The molecule has 1 aromatic heterocycles. The fourth-order valence-corrected chi connectivity index (χ4v) is 2.48.